The molecule has 1 atom stereocenters. The van der Waals surface area contributed by atoms with Gasteiger partial charge in [0.15, 0.2) is 6.61 Å². The smallest absolute Gasteiger partial charge is 0.261 e. The quantitative estimate of drug-likeness (QED) is 0.701. The SMILES string of the molecule is CCNC(=O)[C@H](C)N(Cc1ccc(C)cc1)C(=O)COc1cc(C)c(Cl)c(C)c1. The Morgan fingerprint density at radius 1 is 1.10 bits per heavy atom. The summed E-state index contributed by atoms with van der Waals surface area (Å²) in [7, 11) is 0. The minimum Gasteiger partial charge on any atom is -0.484 e. The van der Waals surface area contributed by atoms with Crippen molar-refractivity contribution in [3.8, 4) is 5.75 Å². The van der Waals surface area contributed by atoms with Crippen LogP contribution in [0.4, 0.5) is 0 Å². The molecule has 0 aliphatic heterocycles. The average molecular weight is 417 g/mol. The molecule has 0 radical (unpaired) electrons. The van der Waals surface area contributed by atoms with E-state index in [2.05, 4.69) is 5.32 Å². The lowest BCUT2D eigenvalue weighted by Crippen LogP contribution is -2.49. The van der Waals surface area contributed by atoms with Crippen molar-refractivity contribution in [2.75, 3.05) is 13.2 Å². The summed E-state index contributed by atoms with van der Waals surface area (Å²) in [6, 6.07) is 10.9. The molecule has 0 aromatic heterocycles. The number of hydrogen-bond donors (Lipinski definition) is 1. The minimum absolute atomic E-state index is 0.157. The van der Waals surface area contributed by atoms with E-state index in [1.54, 1.807) is 24.0 Å². The van der Waals surface area contributed by atoms with Crippen LogP contribution in [0.3, 0.4) is 0 Å². The van der Waals surface area contributed by atoms with Gasteiger partial charge in [0.2, 0.25) is 5.91 Å². The zero-order valence-corrected chi connectivity index (χ0v) is 18.5. The molecule has 0 unspecified atom stereocenters. The predicted molar refractivity (Wildman–Crippen MR) is 116 cm³/mol. The number of halogens is 1. The van der Waals surface area contributed by atoms with Crippen molar-refractivity contribution in [2.24, 2.45) is 0 Å². The second-order valence-electron chi connectivity index (χ2n) is 7.24. The average Bonchev–Trinajstić information content (AvgIpc) is 2.69. The van der Waals surface area contributed by atoms with Crippen molar-refractivity contribution < 1.29 is 14.3 Å². The molecule has 2 rings (SSSR count). The first-order valence-electron chi connectivity index (χ1n) is 9.75. The standard InChI is InChI=1S/C23H29ClN2O3/c1-6-25-23(28)18(5)26(13-19-9-7-15(2)8-10-19)21(27)14-29-20-11-16(3)22(24)17(4)12-20/h7-12,18H,6,13-14H2,1-5H3,(H,25,28)/t18-/m0/s1. The summed E-state index contributed by atoms with van der Waals surface area (Å²) < 4.78 is 5.73. The van der Waals surface area contributed by atoms with Gasteiger partial charge in [-0.3, -0.25) is 9.59 Å². The second kappa shape index (κ2) is 10.3. The molecule has 0 aliphatic carbocycles. The molecule has 0 bridgehead atoms. The Bertz CT molecular complexity index is 842. The Labute approximate surface area is 178 Å². The summed E-state index contributed by atoms with van der Waals surface area (Å²) in [5, 5.41) is 3.47. The molecule has 0 fully saturated rings. The van der Waals surface area contributed by atoms with E-state index in [4.69, 9.17) is 16.3 Å². The fourth-order valence-corrected chi connectivity index (χ4v) is 3.12. The van der Waals surface area contributed by atoms with E-state index >= 15 is 0 Å². The normalized spacial score (nSPS) is 11.7. The van der Waals surface area contributed by atoms with E-state index < -0.39 is 6.04 Å². The third-order valence-corrected chi connectivity index (χ3v) is 5.36. The van der Waals surface area contributed by atoms with E-state index in [1.807, 2.05) is 52.0 Å². The number of nitrogens with zero attached hydrogens (tertiary/aromatic N) is 1. The van der Waals surface area contributed by atoms with Crippen molar-refractivity contribution in [1.82, 2.24) is 10.2 Å². The topological polar surface area (TPSA) is 58.6 Å². The minimum atomic E-state index is -0.610. The van der Waals surface area contributed by atoms with Crippen LogP contribution < -0.4 is 10.1 Å². The third-order valence-electron chi connectivity index (χ3n) is 4.76. The van der Waals surface area contributed by atoms with Gasteiger partial charge >= 0.3 is 0 Å². The van der Waals surface area contributed by atoms with Crippen LogP contribution >= 0.6 is 11.6 Å². The number of carbonyl (C=O) groups is 2. The molecule has 0 saturated heterocycles. The number of rotatable bonds is 8. The summed E-state index contributed by atoms with van der Waals surface area (Å²) in [5.74, 6) is 0.138. The number of hydrogen-bond acceptors (Lipinski definition) is 3. The van der Waals surface area contributed by atoms with E-state index in [1.165, 1.54) is 0 Å². The number of carbonyl (C=O) groups excluding carboxylic acids is 2. The lowest BCUT2D eigenvalue weighted by molar-refractivity contribution is -0.142. The van der Waals surface area contributed by atoms with Gasteiger partial charge < -0.3 is 15.0 Å². The fourth-order valence-electron chi connectivity index (χ4n) is 3.01. The van der Waals surface area contributed by atoms with Crippen LogP contribution in [-0.2, 0) is 16.1 Å². The van der Waals surface area contributed by atoms with Crippen LogP contribution in [0, 0.1) is 20.8 Å². The van der Waals surface area contributed by atoms with Gasteiger partial charge in [-0.1, -0.05) is 41.4 Å². The second-order valence-corrected chi connectivity index (χ2v) is 7.62. The Kier molecular flexibility index (Phi) is 8.09. The van der Waals surface area contributed by atoms with Crippen LogP contribution in [0.2, 0.25) is 5.02 Å². The molecular weight excluding hydrogens is 388 g/mol. The Hall–Kier alpha value is -2.53. The van der Waals surface area contributed by atoms with Gasteiger partial charge in [-0.15, -0.1) is 0 Å². The van der Waals surface area contributed by atoms with Crippen LogP contribution in [0.1, 0.15) is 36.1 Å². The Morgan fingerprint density at radius 2 is 1.69 bits per heavy atom. The van der Waals surface area contributed by atoms with Gasteiger partial charge in [-0.2, -0.15) is 0 Å². The number of nitrogens with one attached hydrogen (secondary N) is 1. The molecule has 0 spiro atoms. The summed E-state index contributed by atoms with van der Waals surface area (Å²) >= 11 is 6.20. The van der Waals surface area contributed by atoms with Gasteiger partial charge in [0.25, 0.3) is 5.91 Å². The van der Waals surface area contributed by atoms with Crippen molar-refractivity contribution in [3.05, 3.63) is 63.7 Å². The molecule has 5 nitrogen and oxygen atoms in total. The van der Waals surface area contributed by atoms with E-state index in [0.29, 0.717) is 23.9 Å². The number of amides is 2. The highest BCUT2D eigenvalue weighted by Gasteiger charge is 2.26. The maximum atomic E-state index is 13.0. The lowest BCUT2D eigenvalue weighted by atomic mass is 10.1. The highest BCUT2D eigenvalue weighted by atomic mass is 35.5. The van der Waals surface area contributed by atoms with Gasteiger partial charge in [0.1, 0.15) is 11.8 Å². The largest absolute Gasteiger partial charge is 0.484 e. The zero-order chi connectivity index (χ0) is 21.6. The van der Waals surface area contributed by atoms with E-state index in [9.17, 15) is 9.59 Å². The van der Waals surface area contributed by atoms with Gasteiger partial charge in [-0.05, 0) is 63.4 Å². The first-order valence-corrected chi connectivity index (χ1v) is 10.1. The van der Waals surface area contributed by atoms with Crippen LogP contribution in [0.25, 0.3) is 0 Å². The summed E-state index contributed by atoms with van der Waals surface area (Å²) in [5.41, 5.74) is 3.88. The molecule has 2 aromatic rings. The van der Waals surface area contributed by atoms with Crippen molar-refractivity contribution in [1.29, 1.82) is 0 Å². The first kappa shape index (κ1) is 22.8. The zero-order valence-electron chi connectivity index (χ0n) is 17.7. The molecule has 6 heteroatoms. The lowest BCUT2D eigenvalue weighted by Gasteiger charge is -2.28. The first-order chi connectivity index (χ1) is 13.7. The molecule has 2 aromatic carbocycles. The van der Waals surface area contributed by atoms with Crippen molar-refractivity contribution in [3.63, 3.8) is 0 Å². The highest BCUT2D eigenvalue weighted by Crippen LogP contribution is 2.26. The van der Waals surface area contributed by atoms with Gasteiger partial charge in [-0.25, -0.2) is 0 Å². The number of benzene rings is 2. The predicted octanol–water partition coefficient (Wildman–Crippen LogP) is 4.20. The molecule has 29 heavy (non-hydrogen) atoms. The molecule has 2 amide bonds. The molecular formula is C23H29ClN2O3. The van der Waals surface area contributed by atoms with Crippen molar-refractivity contribution in [2.45, 2.75) is 47.2 Å². The van der Waals surface area contributed by atoms with Crippen LogP contribution in [0.5, 0.6) is 5.75 Å². The van der Waals surface area contributed by atoms with Crippen molar-refractivity contribution >= 4 is 23.4 Å². The van der Waals surface area contributed by atoms with Crippen LogP contribution in [-0.4, -0.2) is 35.9 Å². The van der Waals surface area contributed by atoms with E-state index in [-0.39, 0.29) is 18.4 Å². The maximum Gasteiger partial charge on any atom is 0.261 e. The fraction of sp³-hybridized carbons (Fsp3) is 0.391. The molecule has 156 valence electrons. The molecule has 1 N–H and O–H groups in total. The van der Waals surface area contributed by atoms with E-state index in [0.717, 1.165) is 22.3 Å². The number of likely N-dealkylation sites (N-methyl/N-ethyl adjacent to an activating group) is 1. The third kappa shape index (κ3) is 6.23. The summed E-state index contributed by atoms with van der Waals surface area (Å²) in [6.45, 7) is 10.1. The number of aryl methyl sites for hydroxylation is 3. The highest BCUT2D eigenvalue weighted by molar-refractivity contribution is 6.32. The molecule has 0 aliphatic rings. The summed E-state index contributed by atoms with van der Waals surface area (Å²) in [4.78, 5) is 26.9. The van der Waals surface area contributed by atoms with Crippen LogP contribution in [0.15, 0.2) is 36.4 Å². The van der Waals surface area contributed by atoms with Gasteiger partial charge in [0.05, 0.1) is 0 Å². The Balaban J connectivity index is 2.16. The molecule has 0 heterocycles. The maximum absolute atomic E-state index is 13.0. The molecule has 0 saturated carbocycles. The van der Waals surface area contributed by atoms with Gasteiger partial charge in [0, 0.05) is 18.1 Å². The Morgan fingerprint density at radius 3 is 2.24 bits per heavy atom. The number of ether oxygens (including phenoxy) is 1. The summed E-state index contributed by atoms with van der Waals surface area (Å²) in [6.07, 6.45) is 0. The monoisotopic (exact) mass is 416 g/mol.